The maximum absolute atomic E-state index is 15.6. The summed E-state index contributed by atoms with van der Waals surface area (Å²) < 4.78 is 15.6. The highest BCUT2D eigenvalue weighted by atomic mass is 31.2. The van der Waals surface area contributed by atoms with Crippen molar-refractivity contribution >= 4 is 44.6 Å². The third kappa shape index (κ3) is 3.60. The van der Waals surface area contributed by atoms with Crippen LogP contribution < -0.4 is 15.9 Å². The summed E-state index contributed by atoms with van der Waals surface area (Å²) in [5, 5.41) is 7.27. The molecule has 1 nitrogen and oxygen atoms in total. The van der Waals surface area contributed by atoms with Gasteiger partial charge in [0.25, 0.3) is 0 Å². The summed E-state index contributed by atoms with van der Waals surface area (Å²) in [7, 11) is -3.19. The van der Waals surface area contributed by atoms with Crippen molar-refractivity contribution in [2.75, 3.05) is 0 Å². The molecule has 0 N–H and O–H groups in total. The largest absolute Gasteiger partial charge is 0.309 e. The molecular weight excluding hydrogens is 455 g/mol. The number of rotatable bonds is 5. The van der Waals surface area contributed by atoms with Crippen molar-refractivity contribution < 1.29 is 4.57 Å². The number of fused-ring (bicyclic) bond motifs is 2. The molecule has 0 aliphatic rings. The second kappa shape index (κ2) is 9.26. The predicted molar refractivity (Wildman–Crippen MR) is 156 cm³/mol. The molecule has 0 radical (unpaired) electrons. The molecule has 174 valence electrons. The molecule has 0 unspecified atom stereocenters. The Morgan fingerprint density at radius 1 is 0.500 bits per heavy atom. The van der Waals surface area contributed by atoms with Gasteiger partial charge in [-0.3, -0.25) is 0 Å². The summed E-state index contributed by atoms with van der Waals surface area (Å²) in [6.45, 7) is 2.20. The van der Waals surface area contributed by atoms with Crippen LogP contribution in [-0.2, 0) is 11.0 Å². The van der Waals surface area contributed by atoms with E-state index >= 15 is 4.57 Å². The Balaban J connectivity index is 1.82. The highest BCUT2D eigenvalue weighted by Crippen LogP contribution is 2.48. The van der Waals surface area contributed by atoms with Crippen molar-refractivity contribution in [1.29, 1.82) is 0 Å². The van der Waals surface area contributed by atoms with Gasteiger partial charge in [-0.25, -0.2) is 0 Å². The molecule has 0 heterocycles. The van der Waals surface area contributed by atoms with E-state index in [-0.39, 0.29) is 0 Å². The first-order valence-electron chi connectivity index (χ1n) is 12.5. The zero-order valence-electron chi connectivity index (χ0n) is 20.3. The standard InChI is InChI=1S/C34H27OP/c1-2-25-21-22-26-13-9-11-19-30(26)33(25)34-31-20-12-10-14-27(31)23-24-32(34)36(35,28-15-5-3-6-16-28)29-17-7-4-8-18-29/h3-24H,2H2,1H3. The van der Waals surface area contributed by atoms with Gasteiger partial charge in [0.1, 0.15) is 0 Å². The molecule has 0 saturated heterocycles. The Hall–Kier alpha value is -3.93. The van der Waals surface area contributed by atoms with E-state index in [4.69, 9.17) is 0 Å². The van der Waals surface area contributed by atoms with Crippen LogP contribution in [0.1, 0.15) is 12.5 Å². The van der Waals surface area contributed by atoms with Crippen LogP contribution in [0, 0.1) is 0 Å². The van der Waals surface area contributed by atoms with E-state index in [2.05, 4.69) is 79.7 Å². The van der Waals surface area contributed by atoms with Gasteiger partial charge in [0.05, 0.1) is 0 Å². The number of aryl methyl sites for hydroxylation is 1. The van der Waals surface area contributed by atoms with Crippen molar-refractivity contribution in [3.05, 3.63) is 139 Å². The lowest BCUT2D eigenvalue weighted by atomic mass is 9.89. The first-order chi connectivity index (χ1) is 17.7. The Bertz CT molecular complexity index is 1690. The Morgan fingerprint density at radius 2 is 0.972 bits per heavy atom. The van der Waals surface area contributed by atoms with Gasteiger partial charge in [0.2, 0.25) is 0 Å². The lowest BCUT2D eigenvalue weighted by Gasteiger charge is -2.26. The SMILES string of the molecule is CCc1ccc2ccccc2c1-c1c(P(=O)(c2ccccc2)c2ccccc2)ccc2ccccc12. The summed E-state index contributed by atoms with van der Waals surface area (Å²) in [6.07, 6.45) is 0.893. The van der Waals surface area contributed by atoms with E-state index in [9.17, 15) is 0 Å². The molecule has 0 saturated carbocycles. The van der Waals surface area contributed by atoms with Crippen molar-refractivity contribution in [2.45, 2.75) is 13.3 Å². The van der Waals surface area contributed by atoms with Crippen LogP contribution in [0.4, 0.5) is 0 Å². The van der Waals surface area contributed by atoms with Gasteiger partial charge >= 0.3 is 0 Å². The average molecular weight is 483 g/mol. The van der Waals surface area contributed by atoms with Crippen LogP contribution in [0.2, 0.25) is 0 Å². The molecule has 6 aromatic carbocycles. The molecule has 0 aliphatic heterocycles. The third-order valence-corrected chi connectivity index (χ3v) is 10.2. The topological polar surface area (TPSA) is 17.1 Å². The van der Waals surface area contributed by atoms with E-state index in [0.29, 0.717) is 0 Å². The molecule has 0 bridgehead atoms. The maximum atomic E-state index is 15.6. The lowest BCUT2D eigenvalue weighted by Crippen LogP contribution is -2.26. The molecule has 36 heavy (non-hydrogen) atoms. The Kier molecular flexibility index (Phi) is 5.80. The van der Waals surface area contributed by atoms with Gasteiger partial charge in [0, 0.05) is 21.5 Å². The Morgan fingerprint density at radius 3 is 1.53 bits per heavy atom. The van der Waals surface area contributed by atoms with E-state index in [1.54, 1.807) is 0 Å². The second-order valence-corrected chi connectivity index (χ2v) is 11.9. The number of benzene rings is 6. The zero-order chi connectivity index (χ0) is 24.5. The quantitative estimate of drug-likeness (QED) is 0.229. The van der Waals surface area contributed by atoms with E-state index in [1.807, 2.05) is 60.7 Å². The molecule has 6 aromatic rings. The zero-order valence-corrected chi connectivity index (χ0v) is 21.2. The second-order valence-electron chi connectivity index (χ2n) is 9.14. The van der Waals surface area contributed by atoms with Gasteiger partial charge in [-0.15, -0.1) is 0 Å². The fraction of sp³-hybridized carbons (Fsp3) is 0.0588. The van der Waals surface area contributed by atoms with Gasteiger partial charge < -0.3 is 4.57 Å². The van der Waals surface area contributed by atoms with Crippen LogP contribution in [-0.4, -0.2) is 0 Å². The van der Waals surface area contributed by atoms with Crippen LogP contribution in [0.25, 0.3) is 32.7 Å². The normalized spacial score (nSPS) is 11.7. The number of hydrogen-bond acceptors (Lipinski definition) is 1. The van der Waals surface area contributed by atoms with Crippen LogP contribution in [0.15, 0.2) is 133 Å². The van der Waals surface area contributed by atoms with Gasteiger partial charge in [-0.1, -0.05) is 134 Å². The lowest BCUT2D eigenvalue weighted by molar-refractivity contribution is 0.592. The first kappa shape index (κ1) is 22.5. The molecule has 0 aliphatic carbocycles. The minimum absolute atomic E-state index is 0.853. The summed E-state index contributed by atoms with van der Waals surface area (Å²) in [6, 6.07) is 45.7. The van der Waals surface area contributed by atoms with Crippen molar-refractivity contribution in [2.24, 2.45) is 0 Å². The monoisotopic (exact) mass is 482 g/mol. The molecular formula is C34H27OP. The van der Waals surface area contributed by atoms with Crippen molar-refractivity contribution in [3.8, 4) is 11.1 Å². The van der Waals surface area contributed by atoms with Gasteiger partial charge in [-0.2, -0.15) is 0 Å². The van der Waals surface area contributed by atoms with Crippen molar-refractivity contribution in [1.82, 2.24) is 0 Å². The summed E-state index contributed by atoms with van der Waals surface area (Å²) in [5.41, 5.74) is 3.53. The first-order valence-corrected chi connectivity index (χ1v) is 14.2. The average Bonchev–Trinajstić information content (AvgIpc) is 2.96. The molecule has 0 spiro atoms. The summed E-state index contributed by atoms with van der Waals surface area (Å²) >= 11 is 0. The smallest absolute Gasteiger partial charge is 0.171 e. The van der Waals surface area contributed by atoms with E-state index in [1.165, 1.54) is 21.9 Å². The van der Waals surface area contributed by atoms with Crippen LogP contribution in [0.5, 0.6) is 0 Å². The molecule has 6 rings (SSSR count). The molecule has 0 atom stereocenters. The van der Waals surface area contributed by atoms with Crippen molar-refractivity contribution in [3.63, 3.8) is 0 Å². The molecule has 0 aromatic heterocycles. The minimum atomic E-state index is -3.19. The van der Waals surface area contributed by atoms with Gasteiger partial charge in [-0.05, 0) is 45.2 Å². The van der Waals surface area contributed by atoms with E-state index < -0.39 is 7.14 Å². The van der Waals surface area contributed by atoms with Gasteiger partial charge in [0.15, 0.2) is 7.14 Å². The molecule has 2 heteroatoms. The van der Waals surface area contributed by atoms with E-state index in [0.717, 1.165) is 38.7 Å². The highest BCUT2D eigenvalue weighted by Gasteiger charge is 2.33. The predicted octanol–water partition coefficient (Wildman–Crippen LogP) is 7.86. The molecule has 0 amide bonds. The highest BCUT2D eigenvalue weighted by molar-refractivity contribution is 7.85. The van der Waals surface area contributed by atoms with Crippen LogP contribution in [0.3, 0.4) is 0 Å². The fourth-order valence-corrected chi connectivity index (χ4v) is 8.26. The minimum Gasteiger partial charge on any atom is -0.309 e. The molecule has 0 fully saturated rings. The number of hydrogen-bond donors (Lipinski definition) is 0. The third-order valence-electron chi connectivity index (χ3n) is 7.13. The van der Waals surface area contributed by atoms with Crippen LogP contribution >= 0.6 is 7.14 Å². The Labute approximate surface area is 212 Å². The summed E-state index contributed by atoms with van der Waals surface area (Å²) in [4.78, 5) is 0. The fourth-order valence-electron chi connectivity index (χ4n) is 5.39. The maximum Gasteiger partial charge on any atom is 0.171 e. The summed E-state index contributed by atoms with van der Waals surface area (Å²) in [5.74, 6) is 0.